The van der Waals surface area contributed by atoms with E-state index < -0.39 is 0 Å². The summed E-state index contributed by atoms with van der Waals surface area (Å²) in [6, 6.07) is 11.3. The molecular weight excluding hydrogens is 496 g/mol. The largest absolute Gasteiger partial charge is 0.336 e. The van der Waals surface area contributed by atoms with Crippen LogP contribution >= 0.6 is 35.0 Å². The summed E-state index contributed by atoms with van der Waals surface area (Å²) in [5, 5.41) is 5.43. The lowest BCUT2D eigenvalue weighted by atomic mass is 10.2. The summed E-state index contributed by atoms with van der Waals surface area (Å²) in [4.78, 5) is 20.3. The molecule has 2 aromatic heterocycles. The summed E-state index contributed by atoms with van der Waals surface area (Å²) < 4.78 is 17.1. The van der Waals surface area contributed by atoms with Gasteiger partial charge in [-0.05, 0) is 43.3 Å². The predicted octanol–water partition coefficient (Wildman–Crippen LogP) is 5.92. The molecule has 0 aliphatic carbocycles. The average Bonchev–Trinajstić information content (AvgIpc) is 3.35. The second-order valence-electron chi connectivity index (χ2n) is 7.79. The molecule has 0 N–H and O–H groups in total. The van der Waals surface area contributed by atoms with Crippen LogP contribution in [0.5, 0.6) is 0 Å². The van der Waals surface area contributed by atoms with Crippen molar-refractivity contribution in [3.63, 3.8) is 0 Å². The van der Waals surface area contributed by atoms with Gasteiger partial charge in [-0.2, -0.15) is 5.10 Å². The van der Waals surface area contributed by atoms with Gasteiger partial charge in [0, 0.05) is 43.0 Å². The van der Waals surface area contributed by atoms with Crippen molar-refractivity contribution >= 4 is 40.9 Å². The second-order valence-corrected chi connectivity index (χ2v) is 9.59. The van der Waals surface area contributed by atoms with Crippen molar-refractivity contribution < 1.29 is 9.18 Å². The summed E-state index contributed by atoms with van der Waals surface area (Å²) in [6.45, 7) is 2.30. The summed E-state index contributed by atoms with van der Waals surface area (Å²) in [7, 11) is 3.58. The Bertz CT molecular complexity index is 1320. The maximum atomic E-state index is 13.6. The molecule has 0 spiro atoms. The van der Waals surface area contributed by atoms with Gasteiger partial charge in [0.15, 0.2) is 0 Å². The predicted molar refractivity (Wildman–Crippen MR) is 133 cm³/mol. The molecule has 6 nitrogen and oxygen atoms in total. The van der Waals surface area contributed by atoms with E-state index in [4.69, 9.17) is 23.2 Å². The average molecular weight is 518 g/mol. The van der Waals surface area contributed by atoms with Crippen molar-refractivity contribution in [1.29, 1.82) is 0 Å². The van der Waals surface area contributed by atoms with Crippen molar-refractivity contribution in [2.75, 3.05) is 7.05 Å². The van der Waals surface area contributed by atoms with Crippen LogP contribution in [-0.2, 0) is 19.3 Å². The van der Waals surface area contributed by atoms with Crippen LogP contribution in [0.3, 0.4) is 0 Å². The molecule has 4 aromatic rings. The van der Waals surface area contributed by atoms with E-state index in [1.54, 1.807) is 57.7 Å². The molecule has 0 fully saturated rings. The minimum atomic E-state index is -0.361. The third-order valence-electron chi connectivity index (χ3n) is 5.27. The molecule has 1 amide bonds. The van der Waals surface area contributed by atoms with Crippen LogP contribution in [0.25, 0.3) is 5.69 Å². The Kier molecular flexibility index (Phi) is 7.30. The highest BCUT2D eigenvalue weighted by Crippen LogP contribution is 2.36. The number of aromatic nitrogens is 4. The monoisotopic (exact) mass is 517 g/mol. The fraction of sp³-hybridized carbons (Fsp3) is 0.208. The Morgan fingerprint density at radius 2 is 1.82 bits per heavy atom. The van der Waals surface area contributed by atoms with Gasteiger partial charge in [-0.25, -0.2) is 9.37 Å². The molecule has 2 aromatic carbocycles. The van der Waals surface area contributed by atoms with Crippen LogP contribution in [0, 0.1) is 12.7 Å². The van der Waals surface area contributed by atoms with Crippen LogP contribution < -0.4 is 0 Å². The van der Waals surface area contributed by atoms with E-state index in [-0.39, 0.29) is 11.7 Å². The van der Waals surface area contributed by atoms with E-state index in [1.807, 2.05) is 20.2 Å². The first-order chi connectivity index (χ1) is 16.2. The molecule has 34 heavy (non-hydrogen) atoms. The Morgan fingerprint density at radius 1 is 1.15 bits per heavy atom. The lowest BCUT2D eigenvalue weighted by molar-refractivity contribution is 0.0776. The number of imidazole rings is 1. The minimum absolute atomic E-state index is 0.216. The molecule has 0 radical (unpaired) electrons. The number of hydrogen-bond donors (Lipinski definition) is 0. The lowest BCUT2D eigenvalue weighted by Gasteiger charge is -2.19. The van der Waals surface area contributed by atoms with Crippen molar-refractivity contribution in [1.82, 2.24) is 24.2 Å². The van der Waals surface area contributed by atoms with Gasteiger partial charge in [0.25, 0.3) is 5.91 Å². The minimum Gasteiger partial charge on any atom is -0.336 e. The molecule has 0 bridgehead atoms. The number of halogens is 3. The molecule has 0 atom stereocenters. The zero-order chi connectivity index (χ0) is 24.4. The van der Waals surface area contributed by atoms with Crippen LogP contribution in [-0.4, -0.2) is 37.2 Å². The second kappa shape index (κ2) is 10.2. The van der Waals surface area contributed by atoms with Gasteiger partial charge in [0.1, 0.15) is 17.3 Å². The summed E-state index contributed by atoms with van der Waals surface area (Å²) in [6.07, 6.45) is 3.44. The van der Waals surface area contributed by atoms with E-state index in [2.05, 4.69) is 10.1 Å². The number of aryl methyl sites for hydroxylation is 2. The molecule has 0 saturated carbocycles. The van der Waals surface area contributed by atoms with E-state index >= 15 is 0 Å². The van der Waals surface area contributed by atoms with E-state index in [1.165, 1.54) is 23.9 Å². The quantitative estimate of drug-likeness (QED) is 0.285. The molecule has 0 unspecified atom stereocenters. The maximum absolute atomic E-state index is 13.6. The fourth-order valence-corrected chi connectivity index (χ4v) is 5.22. The topological polar surface area (TPSA) is 56.0 Å². The number of thioether (sulfide) groups is 1. The molecule has 0 saturated heterocycles. The summed E-state index contributed by atoms with van der Waals surface area (Å²) in [5.74, 6) is 0.438. The highest BCUT2D eigenvalue weighted by Gasteiger charge is 2.22. The van der Waals surface area contributed by atoms with Gasteiger partial charge >= 0.3 is 0 Å². The number of amides is 1. The van der Waals surface area contributed by atoms with Gasteiger partial charge in [-0.1, -0.05) is 29.3 Å². The molecule has 0 aliphatic heterocycles. The van der Waals surface area contributed by atoms with Crippen LogP contribution in [0.4, 0.5) is 4.39 Å². The van der Waals surface area contributed by atoms with Crippen LogP contribution in [0.2, 0.25) is 10.0 Å². The first-order valence-electron chi connectivity index (χ1n) is 10.4. The normalized spacial score (nSPS) is 11.1. The molecule has 4 rings (SSSR count). The number of hydrogen-bond acceptors (Lipinski definition) is 4. The van der Waals surface area contributed by atoms with Crippen LogP contribution in [0.15, 0.2) is 59.8 Å². The Balaban J connectivity index is 1.67. The highest BCUT2D eigenvalue weighted by atomic mass is 35.5. The standard InChI is InChI=1S/C24H22Cl2FN5OS/c1-15-16(13-31(3)29-15)12-30(2)24(33)21-11-28-22(32(21)18-9-7-17(27)8-10-18)14-34-23-19(25)5-4-6-20(23)26/h4-11,13H,12,14H2,1-3H3. The number of carbonyl (C=O) groups excluding carboxylic acids is 1. The van der Waals surface area contributed by atoms with E-state index in [9.17, 15) is 9.18 Å². The number of carbonyl (C=O) groups is 1. The third-order valence-corrected chi connectivity index (χ3v) is 7.26. The van der Waals surface area contributed by atoms with Gasteiger partial charge < -0.3 is 4.90 Å². The Hall–Kier alpha value is -2.81. The molecule has 176 valence electrons. The van der Waals surface area contributed by atoms with Crippen molar-refractivity contribution in [2.24, 2.45) is 7.05 Å². The van der Waals surface area contributed by atoms with Crippen molar-refractivity contribution in [3.05, 3.63) is 93.5 Å². The fourth-order valence-electron chi connectivity index (χ4n) is 3.60. The molecule has 2 heterocycles. The molecule has 0 aliphatic rings. The van der Waals surface area contributed by atoms with Gasteiger partial charge in [-0.15, -0.1) is 11.8 Å². The number of rotatable bonds is 7. The number of benzene rings is 2. The van der Waals surface area contributed by atoms with Gasteiger partial charge in [0.2, 0.25) is 0 Å². The number of nitrogens with zero attached hydrogens (tertiary/aromatic N) is 5. The first-order valence-corrected chi connectivity index (χ1v) is 12.1. The zero-order valence-electron chi connectivity index (χ0n) is 18.8. The zero-order valence-corrected chi connectivity index (χ0v) is 21.1. The summed E-state index contributed by atoms with van der Waals surface area (Å²) >= 11 is 14.1. The molecular formula is C24H22Cl2FN5OS. The summed E-state index contributed by atoms with van der Waals surface area (Å²) in [5.41, 5.74) is 2.82. The highest BCUT2D eigenvalue weighted by molar-refractivity contribution is 7.98. The third kappa shape index (κ3) is 5.14. The SMILES string of the molecule is Cc1nn(C)cc1CN(C)C(=O)c1cnc(CSc2c(Cl)cccc2Cl)n1-c1ccc(F)cc1. The Labute approximate surface area is 211 Å². The van der Waals surface area contributed by atoms with Gasteiger partial charge in [0.05, 0.1) is 27.7 Å². The van der Waals surface area contributed by atoms with Crippen molar-refractivity contribution in [3.8, 4) is 5.69 Å². The van der Waals surface area contributed by atoms with E-state index in [0.29, 0.717) is 39.5 Å². The smallest absolute Gasteiger partial charge is 0.272 e. The first kappa shape index (κ1) is 24.3. The molecule has 10 heteroatoms. The maximum Gasteiger partial charge on any atom is 0.272 e. The van der Waals surface area contributed by atoms with Gasteiger partial charge in [-0.3, -0.25) is 14.0 Å². The Morgan fingerprint density at radius 3 is 2.44 bits per heavy atom. The lowest BCUT2D eigenvalue weighted by Crippen LogP contribution is -2.28. The van der Waals surface area contributed by atoms with E-state index in [0.717, 1.165) is 16.2 Å². The van der Waals surface area contributed by atoms with Crippen LogP contribution in [0.1, 0.15) is 27.6 Å². The van der Waals surface area contributed by atoms with Crippen molar-refractivity contribution in [2.45, 2.75) is 24.1 Å².